The van der Waals surface area contributed by atoms with Gasteiger partial charge in [-0.3, -0.25) is 0 Å². The SMILES string of the molecule is OCc1cc2ccsc2c(F)c1O. The van der Waals surface area contributed by atoms with E-state index < -0.39 is 11.6 Å². The summed E-state index contributed by atoms with van der Waals surface area (Å²) in [5.41, 5.74) is 0.225. The average Bonchev–Trinajstić information content (AvgIpc) is 2.59. The van der Waals surface area contributed by atoms with Gasteiger partial charge in [0.2, 0.25) is 0 Å². The van der Waals surface area contributed by atoms with E-state index >= 15 is 0 Å². The number of hydrogen-bond acceptors (Lipinski definition) is 3. The van der Waals surface area contributed by atoms with Crippen molar-refractivity contribution in [2.24, 2.45) is 0 Å². The molecule has 0 bridgehead atoms. The molecule has 68 valence electrons. The third-order valence-corrected chi connectivity index (χ3v) is 2.83. The zero-order valence-corrected chi connectivity index (χ0v) is 7.44. The molecular weight excluding hydrogens is 191 g/mol. The minimum Gasteiger partial charge on any atom is -0.505 e. The van der Waals surface area contributed by atoms with Crippen molar-refractivity contribution in [3.05, 3.63) is 28.9 Å². The normalized spacial score (nSPS) is 10.9. The van der Waals surface area contributed by atoms with Gasteiger partial charge in [0.15, 0.2) is 11.6 Å². The molecule has 0 aliphatic carbocycles. The van der Waals surface area contributed by atoms with Crippen LogP contribution in [0.5, 0.6) is 5.75 Å². The molecule has 1 heterocycles. The van der Waals surface area contributed by atoms with Crippen molar-refractivity contribution < 1.29 is 14.6 Å². The number of aromatic hydroxyl groups is 1. The lowest BCUT2D eigenvalue weighted by Gasteiger charge is -2.02. The summed E-state index contributed by atoms with van der Waals surface area (Å²) in [6, 6.07) is 3.34. The van der Waals surface area contributed by atoms with Crippen molar-refractivity contribution in [2.75, 3.05) is 0 Å². The Hall–Kier alpha value is -1.13. The van der Waals surface area contributed by atoms with Crippen LogP contribution < -0.4 is 0 Å². The highest BCUT2D eigenvalue weighted by molar-refractivity contribution is 7.17. The van der Waals surface area contributed by atoms with Crippen molar-refractivity contribution in [1.29, 1.82) is 0 Å². The predicted molar refractivity (Wildman–Crippen MR) is 49.4 cm³/mol. The largest absolute Gasteiger partial charge is 0.505 e. The maximum Gasteiger partial charge on any atom is 0.182 e. The second-order valence-corrected chi connectivity index (χ2v) is 3.61. The standard InChI is InChI=1S/C9H7FO2S/c10-7-8(12)6(4-11)3-5-1-2-13-9(5)7/h1-3,11-12H,4H2. The van der Waals surface area contributed by atoms with Crippen LogP contribution in [0.15, 0.2) is 17.5 Å². The van der Waals surface area contributed by atoms with Gasteiger partial charge in [-0.25, -0.2) is 4.39 Å². The van der Waals surface area contributed by atoms with E-state index in [2.05, 4.69) is 0 Å². The summed E-state index contributed by atoms with van der Waals surface area (Å²) in [5, 5.41) is 20.6. The number of fused-ring (bicyclic) bond motifs is 1. The summed E-state index contributed by atoms with van der Waals surface area (Å²) in [7, 11) is 0. The molecule has 0 atom stereocenters. The highest BCUT2D eigenvalue weighted by Crippen LogP contribution is 2.32. The maximum atomic E-state index is 13.3. The van der Waals surface area contributed by atoms with Gasteiger partial charge in [0.1, 0.15) is 0 Å². The second kappa shape index (κ2) is 2.97. The van der Waals surface area contributed by atoms with Gasteiger partial charge in [0, 0.05) is 5.56 Å². The Balaban J connectivity index is 2.83. The molecule has 1 aromatic heterocycles. The number of aliphatic hydroxyl groups excluding tert-OH is 1. The third kappa shape index (κ3) is 1.18. The van der Waals surface area contributed by atoms with E-state index in [0.717, 1.165) is 0 Å². The fraction of sp³-hybridized carbons (Fsp3) is 0.111. The van der Waals surface area contributed by atoms with Crippen LogP contribution in [0.4, 0.5) is 4.39 Å². The molecule has 0 aliphatic rings. The van der Waals surface area contributed by atoms with Crippen LogP contribution in [0, 0.1) is 5.82 Å². The number of phenols is 1. The van der Waals surface area contributed by atoms with Crippen LogP contribution in [0.2, 0.25) is 0 Å². The van der Waals surface area contributed by atoms with E-state index in [1.54, 1.807) is 17.5 Å². The van der Waals surface area contributed by atoms with E-state index in [9.17, 15) is 9.50 Å². The van der Waals surface area contributed by atoms with Crippen molar-refractivity contribution >= 4 is 21.4 Å². The molecule has 0 aliphatic heterocycles. The maximum absolute atomic E-state index is 13.3. The number of hydrogen-bond donors (Lipinski definition) is 2. The van der Waals surface area contributed by atoms with Crippen molar-refractivity contribution in [3.8, 4) is 5.75 Å². The molecule has 0 radical (unpaired) electrons. The Morgan fingerprint density at radius 3 is 2.92 bits per heavy atom. The Labute approximate surface area is 77.9 Å². The molecule has 13 heavy (non-hydrogen) atoms. The van der Waals surface area contributed by atoms with Crippen LogP contribution >= 0.6 is 11.3 Å². The molecule has 0 saturated carbocycles. The monoisotopic (exact) mass is 198 g/mol. The molecule has 2 N–H and O–H groups in total. The molecule has 0 fully saturated rings. The fourth-order valence-corrected chi connectivity index (χ4v) is 2.05. The first-order valence-electron chi connectivity index (χ1n) is 3.72. The van der Waals surface area contributed by atoms with Crippen molar-refractivity contribution in [3.63, 3.8) is 0 Å². The minimum absolute atomic E-state index is 0.225. The minimum atomic E-state index is -0.642. The van der Waals surface area contributed by atoms with Crippen LogP contribution in [0.25, 0.3) is 10.1 Å². The van der Waals surface area contributed by atoms with Gasteiger partial charge in [0.05, 0.1) is 11.3 Å². The van der Waals surface area contributed by atoms with E-state index in [-0.39, 0.29) is 12.2 Å². The number of aliphatic hydroxyl groups is 1. The Morgan fingerprint density at radius 2 is 2.23 bits per heavy atom. The lowest BCUT2D eigenvalue weighted by atomic mass is 10.1. The van der Waals surface area contributed by atoms with Gasteiger partial charge in [0.25, 0.3) is 0 Å². The Kier molecular flexibility index (Phi) is 1.94. The first-order valence-corrected chi connectivity index (χ1v) is 4.60. The van der Waals surface area contributed by atoms with Gasteiger partial charge >= 0.3 is 0 Å². The van der Waals surface area contributed by atoms with Gasteiger partial charge < -0.3 is 10.2 Å². The molecule has 2 nitrogen and oxygen atoms in total. The first kappa shape index (κ1) is 8.47. The van der Waals surface area contributed by atoms with E-state index in [0.29, 0.717) is 10.1 Å². The predicted octanol–water partition coefficient (Wildman–Crippen LogP) is 2.24. The number of benzene rings is 1. The molecule has 0 amide bonds. The molecule has 0 spiro atoms. The summed E-state index contributed by atoms with van der Waals surface area (Å²) < 4.78 is 13.8. The van der Waals surface area contributed by atoms with Gasteiger partial charge in [-0.2, -0.15) is 0 Å². The molecule has 1 aromatic carbocycles. The van der Waals surface area contributed by atoms with Crippen LogP contribution in [0.3, 0.4) is 0 Å². The fourth-order valence-electron chi connectivity index (χ4n) is 1.24. The van der Waals surface area contributed by atoms with E-state index in [1.807, 2.05) is 0 Å². The number of thiophene rings is 1. The van der Waals surface area contributed by atoms with Gasteiger partial charge in [-0.15, -0.1) is 11.3 Å². The summed E-state index contributed by atoms with van der Waals surface area (Å²) in [5.74, 6) is -1.09. The number of rotatable bonds is 1. The van der Waals surface area contributed by atoms with Gasteiger partial charge in [-0.1, -0.05) is 0 Å². The zero-order valence-electron chi connectivity index (χ0n) is 6.62. The smallest absolute Gasteiger partial charge is 0.182 e. The average molecular weight is 198 g/mol. The van der Waals surface area contributed by atoms with Crippen LogP contribution in [-0.4, -0.2) is 10.2 Å². The van der Waals surface area contributed by atoms with Crippen LogP contribution in [-0.2, 0) is 6.61 Å². The number of halogens is 1. The molecule has 2 aromatic rings. The molecule has 0 unspecified atom stereocenters. The lowest BCUT2D eigenvalue weighted by molar-refractivity contribution is 0.273. The van der Waals surface area contributed by atoms with E-state index in [4.69, 9.17) is 5.11 Å². The van der Waals surface area contributed by atoms with Crippen LogP contribution in [0.1, 0.15) is 5.56 Å². The first-order chi connectivity index (χ1) is 6.24. The highest BCUT2D eigenvalue weighted by atomic mass is 32.1. The molecule has 4 heteroatoms. The lowest BCUT2D eigenvalue weighted by Crippen LogP contribution is -1.87. The summed E-state index contributed by atoms with van der Waals surface area (Å²) in [6.07, 6.45) is 0. The summed E-state index contributed by atoms with van der Waals surface area (Å²) in [6.45, 7) is -0.353. The molecule has 2 rings (SSSR count). The Bertz CT molecular complexity index is 450. The summed E-state index contributed by atoms with van der Waals surface area (Å²) in [4.78, 5) is 0. The molecule has 0 saturated heterocycles. The third-order valence-electron chi connectivity index (χ3n) is 1.91. The quantitative estimate of drug-likeness (QED) is 0.737. The van der Waals surface area contributed by atoms with Crippen molar-refractivity contribution in [1.82, 2.24) is 0 Å². The Morgan fingerprint density at radius 1 is 1.46 bits per heavy atom. The highest BCUT2D eigenvalue weighted by Gasteiger charge is 2.12. The second-order valence-electron chi connectivity index (χ2n) is 2.70. The zero-order chi connectivity index (χ0) is 9.42. The molecular formula is C9H7FO2S. The van der Waals surface area contributed by atoms with Gasteiger partial charge in [-0.05, 0) is 22.9 Å². The van der Waals surface area contributed by atoms with Crippen molar-refractivity contribution in [2.45, 2.75) is 6.61 Å². The topological polar surface area (TPSA) is 40.5 Å². The van der Waals surface area contributed by atoms with E-state index in [1.165, 1.54) is 11.3 Å². The summed E-state index contributed by atoms with van der Waals surface area (Å²) >= 11 is 1.23.